The van der Waals surface area contributed by atoms with Crippen molar-refractivity contribution in [3.8, 4) is 44.5 Å². The summed E-state index contributed by atoms with van der Waals surface area (Å²) in [5.41, 5.74) is 11.4. The molecule has 0 aliphatic carbocycles. The Hall–Kier alpha value is -6.44. The van der Waals surface area contributed by atoms with E-state index in [4.69, 9.17) is 4.42 Å². The lowest BCUT2D eigenvalue weighted by Gasteiger charge is -2.21. The van der Waals surface area contributed by atoms with Crippen LogP contribution < -0.4 is 0 Å². The van der Waals surface area contributed by atoms with Gasteiger partial charge in [0, 0.05) is 16.3 Å². The van der Waals surface area contributed by atoms with Gasteiger partial charge in [-0.3, -0.25) is 0 Å². The van der Waals surface area contributed by atoms with Crippen molar-refractivity contribution in [1.29, 1.82) is 0 Å². The van der Waals surface area contributed by atoms with Crippen LogP contribution in [0.5, 0.6) is 0 Å². The Labute approximate surface area is 284 Å². The predicted octanol–water partition coefficient (Wildman–Crippen LogP) is 13.7. The zero-order valence-electron chi connectivity index (χ0n) is 26.7. The molecular formula is C48H30O. The van der Waals surface area contributed by atoms with Crippen molar-refractivity contribution >= 4 is 54.3 Å². The number of fused-ring (bicyclic) bond motifs is 6. The Bertz CT molecular complexity index is 2850. The molecule has 1 heteroatoms. The van der Waals surface area contributed by atoms with E-state index in [0.717, 1.165) is 33.1 Å². The summed E-state index contributed by atoms with van der Waals surface area (Å²) < 4.78 is 6.66. The monoisotopic (exact) mass is 622 g/mol. The van der Waals surface area contributed by atoms with Crippen LogP contribution in [0, 0.1) is 0 Å². The molecule has 0 spiro atoms. The molecule has 0 bridgehead atoms. The van der Waals surface area contributed by atoms with Crippen molar-refractivity contribution in [3.63, 3.8) is 0 Å². The molecule has 1 nitrogen and oxygen atoms in total. The number of para-hydroxylation sites is 2. The first-order chi connectivity index (χ1) is 24.3. The van der Waals surface area contributed by atoms with E-state index in [2.05, 4.69) is 176 Å². The molecule has 10 aromatic rings. The molecule has 9 aromatic carbocycles. The van der Waals surface area contributed by atoms with Crippen molar-refractivity contribution in [2.24, 2.45) is 0 Å². The molecule has 228 valence electrons. The molecule has 0 aliphatic rings. The van der Waals surface area contributed by atoms with Crippen molar-refractivity contribution in [3.05, 3.63) is 182 Å². The summed E-state index contributed by atoms with van der Waals surface area (Å²) in [6.45, 7) is 0. The lowest BCUT2D eigenvalue weighted by atomic mass is 9.82. The van der Waals surface area contributed by atoms with E-state index in [1.165, 1.54) is 65.7 Å². The van der Waals surface area contributed by atoms with Crippen molar-refractivity contribution < 1.29 is 4.42 Å². The highest BCUT2D eigenvalue weighted by atomic mass is 16.3. The summed E-state index contributed by atoms with van der Waals surface area (Å²) in [4.78, 5) is 0. The first-order valence-electron chi connectivity index (χ1n) is 16.9. The minimum atomic E-state index is 0.906. The van der Waals surface area contributed by atoms with Crippen molar-refractivity contribution in [1.82, 2.24) is 0 Å². The number of furan rings is 1. The Balaban J connectivity index is 1.36. The molecule has 0 saturated heterocycles. The van der Waals surface area contributed by atoms with E-state index in [9.17, 15) is 0 Å². The molecule has 1 heterocycles. The third-order valence-corrected chi connectivity index (χ3v) is 10.1. The summed E-state index contributed by atoms with van der Waals surface area (Å²) in [5, 5.41) is 9.68. The van der Waals surface area contributed by atoms with Crippen LogP contribution in [0.25, 0.3) is 98.8 Å². The molecule has 49 heavy (non-hydrogen) atoms. The SMILES string of the molecule is c1ccc(-c2ccc(-c3c4ccccc4c(-c4cccc5ccccc45)c4cccc(-c5cccc6c5oc5ccccc56)c34)cc2)cc1. The van der Waals surface area contributed by atoms with Crippen LogP contribution in [-0.4, -0.2) is 0 Å². The number of hydrogen-bond acceptors (Lipinski definition) is 1. The van der Waals surface area contributed by atoms with Gasteiger partial charge in [-0.05, 0) is 77.3 Å². The lowest BCUT2D eigenvalue weighted by molar-refractivity contribution is 0.670. The van der Waals surface area contributed by atoms with Gasteiger partial charge in [0.05, 0.1) is 0 Å². The van der Waals surface area contributed by atoms with Crippen molar-refractivity contribution in [2.45, 2.75) is 0 Å². The molecule has 0 aliphatic heterocycles. The number of rotatable bonds is 4. The standard InChI is InChI=1S/C48H30O/c1-2-13-31(14-3-1)32-27-29-34(30-28-32)45-38-19-6-7-20-39(38)46(37-21-10-16-33-15-4-5-17-35(33)37)43-25-11-22-40(47(43)45)42-24-12-23-41-36-18-8-9-26-44(36)49-48(41)42/h1-30H. The second-order valence-corrected chi connectivity index (χ2v) is 12.8. The third-order valence-electron chi connectivity index (χ3n) is 10.1. The second kappa shape index (κ2) is 11.1. The van der Waals surface area contributed by atoms with E-state index in [1.54, 1.807) is 0 Å². The molecule has 0 saturated carbocycles. The Morgan fingerprint density at radius 3 is 1.63 bits per heavy atom. The zero-order chi connectivity index (χ0) is 32.3. The van der Waals surface area contributed by atoms with E-state index < -0.39 is 0 Å². The van der Waals surface area contributed by atoms with Crippen LogP contribution in [0.1, 0.15) is 0 Å². The van der Waals surface area contributed by atoms with Gasteiger partial charge < -0.3 is 4.42 Å². The molecular weight excluding hydrogens is 593 g/mol. The van der Waals surface area contributed by atoms with Gasteiger partial charge in [0.25, 0.3) is 0 Å². The molecule has 0 fully saturated rings. The molecule has 0 unspecified atom stereocenters. The fraction of sp³-hybridized carbons (Fsp3) is 0. The maximum absolute atomic E-state index is 6.66. The lowest BCUT2D eigenvalue weighted by Crippen LogP contribution is -1.94. The molecule has 0 amide bonds. The van der Waals surface area contributed by atoms with E-state index in [1.807, 2.05) is 6.07 Å². The topological polar surface area (TPSA) is 13.1 Å². The highest BCUT2D eigenvalue weighted by Gasteiger charge is 2.22. The van der Waals surface area contributed by atoms with Crippen LogP contribution in [0.4, 0.5) is 0 Å². The first-order valence-corrected chi connectivity index (χ1v) is 16.9. The van der Waals surface area contributed by atoms with Gasteiger partial charge in [-0.2, -0.15) is 0 Å². The van der Waals surface area contributed by atoms with Crippen LogP contribution in [0.2, 0.25) is 0 Å². The average Bonchev–Trinajstić information content (AvgIpc) is 3.56. The van der Waals surface area contributed by atoms with Gasteiger partial charge in [-0.25, -0.2) is 0 Å². The van der Waals surface area contributed by atoms with Gasteiger partial charge >= 0.3 is 0 Å². The van der Waals surface area contributed by atoms with E-state index in [-0.39, 0.29) is 0 Å². The number of hydrogen-bond donors (Lipinski definition) is 0. The minimum Gasteiger partial charge on any atom is -0.455 e. The maximum atomic E-state index is 6.66. The van der Waals surface area contributed by atoms with Gasteiger partial charge in [-0.1, -0.05) is 176 Å². The molecule has 0 N–H and O–H groups in total. The van der Waals surface area contributed by atoms with E-state index in [0.29, 0.717) is 0 Å². The molecule has 0 atom stereocenters. The highest BCUT2D eigenvalue weighted by Crippen LogP contribution is 2.49. The quantitative estimate of drug-likeness (QED) is 0.178. The van der Waals surface area contributed by atoms with Gasteiger partial charge in [0.1, 0.15) is 11.2 Å². The molecule has 10 rings (SSSR count). The van der Waals surface area contributed by atoms with Gasteiger partial charge in [-0.15, -0.1) is 0 Å². The summed E-state index contributed by atoms with van der Waals surface area (Å²) in [7, 11) is 0. The minimum absolute atomic E-state index is 0.906. The van der Waals surface area contributed by atoms with Gasteiger partial charge in [0.2, 0.25) is 0 Å². The van der Waals surface area contributed by atoms with Crippen LogP contribution >= 0.6 is 0 Å². The highest BCUT2D eigenvalue weighted by molar-refractivity contribution is 6.27. The van der Waals surface area contributed by atoms with Gasteiger partial charge in [0.15, 0.2) is 0 Å². The Kier molecular flexibility index (Phi) is 6.25. The summed E-state index contributed by atoms with van der Waals surface area (Å²) in [6, 6.07) is 65.7. The summed E-state index contributed by atoms with van der Waals surface area (Å²) >= 11 is 0. The maximum Gasteiger partial charge on any atom is 0.143 e. The molecule has 0 radical (unpaired) electrons. The molecule has 1 aromatic heterocycles. The predicted molar refractivity (Wildman–Crippen MR) is 208 cm³/mol. The van der Waals surface area contributed by atoms with Crippen molar-refractivity contribution in [2.75, 3.05) is 0 Å². The third kappa shape index (κ3) is 4.33. The summed E-state index contributed by atoms with van der Waals surface area (Å²) in [5.74, 6) is 0. The zero-order valence-corrected chi connectivity index (χ0v) is 26.7. The smallest absolute Gasteiger partial charge is 0.143 e. The fourth-order valence-corrected chi connectivity index (χ4v) is 7.91. The summed E-state index contributed by atoms with van der Waals surface area (Å²) in [6.07, 6.45) is 0. The van der Waals surface area contributed by atoms with Crippen LogP contribution in [0.15, 0.2) is 186 Å². The Morgan fingerprint density at radius 2 is 0.816 bits per heavy atom. The average molecular weight is 623 g/mol. The Morgan fingerprint density at radius 1 is 0.286 bits per heavy atom. The van der Waals surface area contributed by atoms with Crippen LogP contribution in [0.3, 0.4) is 0 Å². The fourth-order valence-electron chi connectivity index (χ4n) is 7.91. The second-order valence-electron chi connectivity index (χ2n) is 12.8. The van der Waals surface area contributed by atoms with Crippen LogP contribution in [-0.2, 0) is 0 Å². The normalized spacial score (nSPS) is 11.7. The largest absolute Gasteiger partial charge is 0.455 e. The number of benzene rings is 9. The first kappa shape index (κ1) is 27.7. The van der Waals surface area contributed by atoms with E-state index >= 15 is 0 Å².